The number of carbonyl (C=O) groups excluding carboxylic acids is 1. The lowest BCUT2D eigenvalue weighted by molar-refractivity contribution is 0.102. The first-order valence-corrected chi connectivity index (χ1v) is 8.63. The number of aryl methyl sites for hydroxylation is 1. The Labute approximate surface area is 148 Å². The van der Waals surface area contributed by atoms with Gasteiger partial charge in [0.15, 0.2) is 0 Å². The van der Waals surface area contributed by atoms with E-state index in [0.29, 0.717) is 11.2 Å². The average molecular weight is 346 g/mol. The van der Waals surface area contributed by atoms with E-state index in [1.54, 1.807) is 11.3 Å². The van der Waals surface area contributed by atoms with Crippen LogP contribution in [0.5, 0.6) is 0 Å². The molecule has 6 heteroatoms. The van der Waals surface area contributed by atoms with Crippen molar-refractivity contribution in [1.82, 2.24) is 15.0 Å². The number of hydrogen-bond acceptors (Lipinski definition) is 5. The van der Waals surface area contributed by atoms with Crippen molar-refractivity contribution >= 4 is 34.0 Å². The zero-order valence-electron chi connectivity index (χ0n) is 13.4. The summed E-state index contributed by atoms with van der Waals surface area (Å²) in [5.41, 5.74) is 4.42. The predicted octanol–water partition coefficient (Wildman–Crippen LogP) is 4.31. The van der Waals surface area contributed by atoms with Crippen LogP contribution in [0.3, 0.4) is 0 Å². The van der Waals surface area contributed by atoms with Crippen LogP contribution in [0, 0.1) is 6.92 Å². The molecule has 0 bridgehead atoms. The van der Waals surface area contributed by atoms with Gasteiger partial charge in [-0.2, -0.15) is 0 Å². The number of carbonyl (C=O) groups is 1. The van der Waals surface area contributed by atoms with Crippen LogP contribution in [0.15, 0.2) is 60.1 Å². The maximum absolute atomic E-state index is 12.4. The van der Waals surface area contributed by atoms with Crippen molar-refractivity contribution in [2.75, 3.05) is 5.32 Å². The third kappa shape index (κ3) is 3.25. The SMILES string of the molecule is Cc1nc(-c2ccc(NC(=O)c3cnc4ccccc4n3)cc2)cs1. The molecule has 0 saturated carbocycles. The van der Waals surface area contributed by atoms with Crippen molar-refractivity contribution in [1.29, 1.82) is 0 Å². The summed E-state index contributed by atoms with van der Waals surface area (Å²) in [4.78, 5) is 25.5. The molecule has 0 aliphatic rings. The smallest absolute Gasteiger partial charge is 0.275 e. The van der Waals surface area contributed by atoms with E-state index in [-0.39, 0.29) is 11.6 Å². The van der Waals surface area contributed by atoms with Crippen LogP contribution in [-0.4, -0.2) is 20.9 Å². The van der Waals surface area contributed by atoms with Crippen LogP contribution < -0.4 is 5.32 Å². The van der Waals surface area contributed by atoms with Gasteiger partial charge in [-0.1, -0.05) is 24.3 Å². The lowest BCUT2D eigenvalue weighted by Gasteiger charge is -2.06. The lowest BCUT2D eigenvalue weighted by Crippen LogP contribution is -2.14. The first-order chi connectivity index (χ1) is 12.2. The van der Waals surface area contributed by atoms with E-state index < -0.39 is 0 Å². The zero-order valence-corrected chi connectivity index (χ0v) is 14.2. The van der Waals surface area contributed by atoms with E-state index in [9.17, 15) is 4.79 Å². The summed E-state index contributed by atoms with van der Waals surface area (Å²) in [6, 6.07) is 15.1. The fourth-order valence-electron chi connectivity index (χ4n) is 2.48. The van der Waals surface area contributed by atoms with Gasteiger partial charge in [0.1, 0.15) is 5.69 Å². The highest BCUT2D eigenvalue weighted by Crippen LogP contribution is 2.23. The molecule has 0 saturated heterocycles. The summed E-state index contributed by atoms with van der Waals surface area (Å²) in [6.07, 6.45) is 1.49. The lowest BCUT2D eigenvalue weighted by atomic mass is 10.1. The Hall–Kier alpha value is -3.12. The number of anilines is 1. The summed E-state index contributed by atoms with van der Waals surface area (Å²) >= 11 is 1.62. The van der Waals surface area contributed by atoms with E-state index in [2.05, 4.69) is 20.3 Å². The zero-order chi connectivity index (χ0) is 17.2. The van der Waals surface area contributed by atoms with E-state index in [4.69, 9.17) is 0 Å². The second-order valence-electron chi connectivity index (χ2n) is 5.53. The van der Waals surface area contributed by atoms with Gasteiger partial charge in [-0.05, 0) is 31.2 Å². The molecule has 1 N–H and O–H groups in total. The van der Waals surface area contributed by atoms with Crippen molar-refractivity contribution in [3.8, 4) is 11.3 Å². The molecule has 1 amide bonds. The third-order valence-corrected chi connectivity index (χ3v) is 4.51. The Kier molecular flexibility index (Phi) is 3.95. The molecule has 4 rings (SSSR count). The number of aromatic nitrogens is 3. The molecule has 0 spiro atoms. The van der Waals surface area contributed by atoms with E-state index in [1.165, 1.54) is 6.20 Å². The molecular weight excluding hydrogens is 332 g/mol. The van der Waals surface area contributed by atoms with Gasteiger partial charge in [-0.3, -0.25) is 9.78 Å². The molecule has 2 aromatic heterocycles. The number of amides is 1. The van der Waals surface area contributed by atoms with Gasteiger partial charge >= 0.3 is 0 Å². The number of fused-ring (bicyclic) bond motifs is 1. The van der Waals surface area contributed by atoms with E-state index in [1.807, 2.05) is 60.8 Å². The maximum Gasteiger partial charge on any atom is 0.275 e. The number of thiazole rings is 1. The van der Waals surface area contributed by atoms with Gasteiger partial charge < -0.3 is 5.32 Å². The van der Waals surface area contributed by atoms with Crippen molar-refractivity contribution < 1.29 is 4.79 Å². The molecule has 0 aliphatic carbocycles. The van der Waals surface area contributed by atoms with Crippen molar-refractivity contribution in [2.24, 2.45) is 0 Å². The fourth-order valence-corrected chi connectivity index (χ4v) is 3.10. The van der Waals surface area contributed by atoms with Gasteiger partial charge in [-0.15, -0.1) is 11.3 Å². The summed E-state index contributed by atoms with van der Waals surface area (Å²) < 4.78 is 0. The standard InChI is InChI=1S/C19H14N4OS/c1-12-21-18(11-25-12)13-6-8-14(9-7-13)22-19(24)17-10-20-15-4-2-3-5-16(15)23-17/h2-11H,1H3,(H,22,24). The molecule has 2 heterocycles. The third-order valence-electron chi connectivity index (χ3n) is 3.74. The van der Waals surface area contributed by atoms with Crippen LogP contribution in [0.25, 0.3) is 22.3 Å². The second-order valence-corrected chi connectivity index (χ2v) is 6.59. The van der Waals surface area contributed by atoms with Crippen molar-refractivity contribution in [3.63, 3.8) is 0 Å². The number of nitrogens with zero attached hydrogens (tertiary/aromatic N) is 3. The Bertz CT molecular complexity index is 1060. The molecule has 0 aliphatic heterocycles. The van der Waals surface area contributed by atoms with Crippen LogP contribution in [-0.2, 0) is 0 Å². The molecule has 25 heavy (non-hydrogen) atoms. The molecule has 0 atom stereocenters. The predicted molar refractivity (Wildman–Crippen MR) is 99.8 cm³/mol. The fraction of sp³-hybridized carbons (Fsp3) is 0.0526. The molecule has 0 fully saturated rings. The van der Waals surface area contributed by atoms with E-state index in [0.717, 1.165) is 21.8 Å². The van der Waals surface area contributed by atoms with Crippen LogP contribution in [0.1, 0.15) is 15.5 Å². The van der Waals surface area contributed by atoms with Crippen LogP contribution >= 0.6 is 11.3 Å². The highest BCUT2D eigenvalue weighted by atomic mass is 32.1. The van der Waals surface area contributed by atoms with E-state index >= 15 is 0 Å². The molecule has 5 nitrogen and oxygen atoms in total. The minimum Gasteiger partial charge on any atom is -0.321 e. The molecule has 122 valence electrons. The first-order valence-electron chi connectivity index (χ1n) is 7.75. The quantitative estimate of drug-likeness (QED) is 0.600. The van der Waals surface area contributed by atoms with Gasteiger partial charge in [0, 0.05) is 16.6 Å². The molecule has 0 radical (unpaired) electrons. The number of para-hydroxylation sites is 2. The summed E-state index contributed by atoms with van der Waals surface area (Å²) in [5.74, 6) is -0.282. The Morgan fingerprint density at radius 2 is 1.76 bits per heavy atom. The minimum atomic E-state index is -0.282. The molecular formula is C19H14N4OS. The number of benzene rings is 2. The van der Waals surface area contributed by atoms with Crippen LogP contribution in [0.4, 0.5) is 5.69 Å². The number of rotatable bonds is 3. The number of hydrogen-bond donors (Lipinski definition) is 1. The Morgan fingerprint density at radius 3 is 2.48 bits per heavy atom. The van der Waals surface area contributed by atoms with Crippen molar-refractivity contribution in [3.05, 3.63) is 70.8 Å². The summed E-state index contributed by atoms with van der Waals surface area (Å²) in [5, 5.41) is 5.90. The summed E-state index contributed by atoms with van der Waals surface area (Å²) in [7, 11) is 0. The largest absolute Gasteiger partial charge is 0.321 e. The topological polar surface area (TPSA) is 67.8 Å². The molecule has 2 aromatic carbocycles. The second kappa shape index (κ2) is 6.41. The highest BCUT2D eigenvalue weighted by Gasteiger charge is 2.10. The van der Waals surface area contributed by atoms with Crippen molar-refractivity contribution in [2.45, 2.75) is 6.92 Å². The maximum atomic E-state index is 12.4. The van der Waals surface area contributed by atoms with Gasteiger partial charge in [0.25, 0.3) is 5.91 Å². The average Bonchev–Trinajstić information content (AvgIpc) is 3.08. The highest BCUT2D eigenvalue weighted by molar-refractivity contribution is 7.09. The monoisotopic (exact) mass is 346 g/mol. The van der Waals surface area contributed by atoms with Gasteiger partial charge in [0.2, 0.25) is 0 Å². The Morgan fingerprint density at radius 1 is 1.00 bits per heavy atom. The minimum absolute atomic E-state index is 0.282. The van der Waals surface area contributed by atoms with Gasteiger partial charge in [-0.25, -0.2) is 9.97 Å². The molecule has 0 unspecified atom stereocenters. The summed E-state index contributed by atoms with van der Waals surface area (Å²) in [6.45, 7) is 1.98. The van der Waals surface area contributed by atoms with Crippen LogP contribution in [0.2, 0.25) is 0 Å². The molecule has 4 aromatic rings. The number of nitrogens with one attached hydrogen (secondary N) is 1. The Balaban J connectivity index is 1.53. The first kappa shape index (κ1) is 15.4. The van der Waals surface area contributed by atoms with Gasteiger partial charge in [0.05, 0.1) is 27.9 Å². The normalized spacial score (nSPS) is 10.8.